The van der Waals surface area contributed by atoms with Gasteiger partial charge in [-0.15, -0.1) is 0 Å². The molecule has 0 saturated carbocycles. The molecular weight excluding hydrogens is 311 g/mol. The van der Waals surface area contributed by atoms with Crippen molar-refractivity contribution in [2.24, 2.45) is 0 Å². The van der Waals surface area contributed by atoms with E-state index in [2.05, 4.69) is 5.10 Å². The molecule has 0 atom stereocenters. The van der Waals surface area contributed by atoms with Crippen molar-refractivity contribution in [3.8, 4) is 5.69 Å². The molecule has 0 aliphatic rings. The van der Waals surface area contributed by atoms with Crippen LogP contribution in [-0.2, 0) is 11.6 Å². The fraction of sp³-hybridized carbons (Fsp3) is 0.333. The summed E-state index contributed by atoms with van der Waals surface area (Å²) in [7, 11) is 0. The van der Waals surface area contributed by atoms with E-state index in [0.29, 0.717) is 5.69 Å². The van der Waals surface area contributed by atoms with Crippen LogP contribution in [0.5, 0.6) is 0 Å². The van der Waals surface area contributed by atoms with E-state index in [4.69, 9.17) is 0 Å². The molecule has 2 aromatic rings. The molecule has 1 N–H and O–H groups in total. The summed E-state index contributed by atoms with van der Waals surface area (Å²) < 4.78 is 40.5. The Morgan fingerprint density at radius 3 is 2.35 bits per heavy atom. The van der Waals surface area contributed by atoms with Gasteiger partial charge in [0.15, 0.2) is 0 Å². The number of para-hydroxylation sites is 1. The molecule has 0 fully saturated rings. The van der Waals surface area contributed by atoms with E-state index < -0.39 is 23.2 Å². The Bertz CT molecular complexity index is 730. The predicted molar refractivity (Wildman–Crippen MR) is 76.3 cm³/mol. The highest BCUT2D eigenvalue weighted by molar-refractivity contribution is 5.80. The third-order valence-corrected chi connectivity index (χ3v) is 3.15. The van der Waals surface area contributed by atoms with E-state index in [9.17, 15) is 23.1 Å². The monoisotopic (exact) mass is 326 g/mol. The second-order valence-corrected chi connectivity index (χ2v) is 6.00. The molecule has 0 unspecified atom stereocenters. The van der Waals surface area contributed by atoms with E-state index in [-0.39, 0.29) is 11.5 Å². The first-order valence-electron chi connectivity index (χ1n) is 6.75. The number of amides is 1. The average Bonchev–Trinajstić information content (AvgIpc) is 2.80. The van der Waals surface area contributed by atoms with E-state index in [0.717, 1.165) is 10.7 Å². The minimum Gasteiger partial charge on any atom is -0.530 e. The zero-order valence-corrected chi connectivity index (χ0v) is 12.7. The van der Waals surface area contributed by atoms with Crippen LogP contribution in [0.15, 0.2) is 30.3 Å². The van der Waals surface area contributed by atoms with Crippen molar-refractivity contribution in [2.45, 2.75) is 32.4 Å². The van der Waals surface area contributed by atoms with Crippen LogP contribution >= 0.6 is 0 Å². The fourth-order valence-electron chi connectivity index (χ4n) is 2.02. The van der Waals surface area contributed by atoms with E-state index in [1.807, 2.05) is 26.1 Å². The Labute approximate surface area is 130 Å². The number of carbonyl (C=O) groups excluding carboxylic acids is 1. The van der Waals surface area contributed by atoms with Gasteiger partial charge in [-0.2, -0.15) is 18.3 Å². The minimum atomic E-state index is -4.59. The molecule has 1 aromatic carbocycles. The number of hydrogen-bond acceptors (Lipinski definition) is 3. The molecule has 1 heterocycles. The number of benzene rings is 1. The summed E-state index contributed by atoms with van der Waals surface area (Å²) in [5, 5.41) is 16.9. The third-order valence-electron chi connectivity index (χ3n) is 3.15. The van der Waals surface area contributed by atoms with Crippen LogP contribution < -0.4 is 10.4 Å². The molecule has 0 radical (unpaired) electrons. The fourth-order valence-corrected chi connectivity index (χ4v) is 2.02. The number of carbonyl (C=O) groups is 1. The quantitative estimate of drug-likeness (QED) is 0.922. The van der Waals surface area contributed by atoms with Crippen LogP contribution in [0.1, 0.15) is 32.0 Å². The van der Waals surface area contributed by atoms with Crippen molar-refractivity contribution in [1.29, 1.82) is 0 Å². The predicted octanol–water partition coefficient (Wildman–Crippen LogP) is 2.94. The number of nitrogens with zero attached hydrogens (tertiary/aromatic N) is 2. The summed E-state index contributed by atoms with van der Waals surface area (Å²) in [4.78, 5) is 10.8. The second kappa shape index (κ2) is 5.60. The van der Waals surface area contributed by atoms with Gasteiger partial charge in [0, 0.05) is 11.5 Å². The summed E-state index contributed by atoms with van der Waals surface area (Å²) in [6.07, 6.45) is -6.22. The molecule has 0 bridgehead atoms. The largest absolute Gasteiger partial charge is 0.530 e. The second-order valence-electron chi connectivity index (χ2n) is 6.00. The first-order chi connectivity index (χ1) is 10.5. The Kier molecular flexibility index (Phi) is 4.10. The minimum absolute atomic E-state index is 0.105. The lowest BCUT2D eigenvalue weighted by atomic mass is 9.92. The highest BCUT2D eigenvalue weighted by Crippen LogP contribution is 2.35. The summed E-state index contributed by atoms with van der Waals surface area (Å²) in [6, 6.07) is 6.21. The summed E-state index contributed by atoms with van der Waals surface area (Å²) in [6.45, 7) is 5.45. The number of rotatable bonds is 2. The smallest absolute Gasteiger partial charge is 0.418 e. The number of halogens is 3. The number of anilines is 1. The van der Waals surface area contributed by atoms with E-state index in [1.54, 1.807) is 0 Å². The molecule has 0 spiro atoms. The Hall–Kier alpha value is -2.51. The maximum absolute atomic E-state index is 13.2. The molecule has 5 nitrogen and oxygen atoms in total. The lowest BCUT2D eigenvalue weighted by Crippen LogP contribution is -2.30. The van der Waals surface area contributed by atoms with Gasteiger partial charge in [0.2, 0.25) is 0 Å². The van der Waals surface area contributed by atoms with Gasteiger partial charge in [0.1, 0.15) is 11.9 Å². The average molecular weight is 326 g/mol. The zero-order valence-electron chi connectivity index (χ0n) is 12.7. The van der Waals surface area contributed by atoms with Crippen molar-refractivity contribution in [2.75, 3.05) is 5.32 Å². The van der Waals surface area contributed by atoms with Gasteiger partial charge in [0.25, 0.3) is 0 Å². The summed E-state index contributed by atoms with van der Waals surface area (Å²) >= 11 is 0. The van der Waals surface area contributed by atoms with Crippen LogP contribution in [0.2, 0.25) is 0 Å². The molecule has 0 saturated heterocycles. The van der Waals surface area contributed by atoms with Crippen LogP contribution in [0, 0.1) is 0 Å². The molecule has 8 heteroatoms. The Balaban J connectivity index is 2.68. The number of aromatic nitrogens is 2. The van der Waals surface area contributed by atoms with E-state index in [1.165, 1.54) is 24.3 Å². The zero-order chi connectivity index (χ0) is 17.4. The first-order valence-corrected chi connectivity index (χ1v) is 6.75. The van der Waals surface area contributed by atoms with Crippen molar-refractivity contribution >= 4 is 11.9 Å². The van der Waals surface area contributed by atoms with Crippen LogP contribution in [-0.4, -0.2) is 15.9 Å². The lowest BCUT2D eigenvalue weighted by molar-refractivity contribution is -0.242. The van der Waals surface area contributed by atoms with Gasteiger partial charge >= 0.3 is 6.18 Å². The van der Waals surface area contributed by atoms with Crippen molar-refractivity contribution in [1.82, 2.24) is 9.78 Å². The van der Waals surface area contributed by atoms with Crippen molar-refractivity contribution in [3.05, 3.63) is 41.6 Å². The Morgan fingerprint density at radius 2 is 1.83 bits per heavy atom. The van der Waals surface area contributed by atoms with Gasteiger partial charge in [-0.3, -0.25) is 0 Å². The molecule has 1 aromatic heterocycles. The summed E-state index contributed by atoms with van der Waals surface area (Å²) in [5.41, 5.74) is -1.21. The molecule has 23 heavy (non-hydrogen) atoms. The van der Waals surface area contributed by atoms with Crippen LogP contribution in [0.25, 0.3) is 5.69 Å². The van der Waals surface area contributed by atoms with Crippen molar-refractivity contribution in [3.63, 3.8) is 0 Å². The summed E-state index contributed by atoms with van der Waals surface area (Å²) in [5.74, 6) is -0.105. The van der Waals surface area contributed by atoms with Gasteiger partial charge in [0.05, 0.1) is 16.9 Å². The molecule has 124 valence electrons. The van der Waals surface area contributed by atoms with Gasteiger partial charge in [-0.25, -0.2) is 4.68 Å². The van der Waals surface area contributed by atoms with Crippen LogP contribution in [0.4, 0.5) is 23.8 Å². The van der Waals surface area contributed by atoms with Crippen LogP contribution in [0.3, 0.4) is 0 Å². The third kappa shape index (κ3) is 3.64. The maximum atomic E-state index is 13.2. The highest BCUT2D eigenvalue weighted by Gasteiger charge is 2.34. The van der Waals surface area contributed by atoms with Gasteiger partial charge in [-0.1, -0.05) is 32.9 Å². The number of alkyl halides is 3. The topological polar surface area (TPSA) is 70.0 Å². The molecule has 2 rings (SSSR count). The molecule has 1 amide bonds. The number of hydrogen-bond donors (Lipinski definition) is 1. The highest BCUT2D eigenvalue weighted by atomic mass is 19.4. The standard InChI is InChI=1S/C15H16F3N3O2/c1-14(2,3)11-8-12(19-13(22)23)21(20-11)10-7-5-4-6-9(10)15(16,17)18/h4-8,19H,1-3H3,(H,22,23)/p-1. The lowest BCUT2D eigenvalue weighted by Gasteiger charge is -2.16. The van der Waals surface area contributed by atoms with E-state index >= 15 is 0 Å². The number of nitrogens with one attached hydrogen (secondary N) is 1. The molecule has 0 aliphatic heterocycles. The van der Waals surface area contributed by atoms with Gasteiger partial charge in [-0.05, 0) is 12.1 Å². The molecular formula is C15H15F3N3O2-. The first kappa shape index (κ1) is 16.9. The SMILES string of the molecule is CC(C)(C)c1cc(NC(=O)[O-])n(-c2ccccc2C(F)(F)F)n1. The molecule has 0 aliphatic carbocycles. The maximum Gasteiger partial charge on any atom is 0.418 e. The Morgan fingerprint density at radius 1 is 1.22 bits per heavy atom. The normalized spacial score (nSPS) is 12.3. The van der Waals surface area contributed by atoms with Gasteiger partial charge < -0.3 is 15.2 Å². The van der Waals surface area contributed by atoms with Crippen molar-refractivity contribution < 1.29 is 23.1 Å². The number of carboxylic acid groups (broad SMARTS) is 1.